The van der Waals surface area contributed by atoms with Crippen LogP contribution in [-0.2, 0) is 5.75 Å². The highest BCUT2D eigenvalue weighted by atomic mass is 32.2. The quantitative estimate of drug-likeness (QED) is 0.571. The molecule has 2 heterocycles. The van der Waals surface area contributed by atoms with Crippen LogP contribution in [-0.4, -0.2) is 19.6 Å². The summed E-state index contributed by atoms with van der Waals surface area (Å²) in [5, 5.41) is 4.62. The normalized spacial score (nSPS) is 11.1. The molecule has 2 aromatic carbocycles. The predicted octanol–water partition coefficient (Wildman–Crippen LogP) is 3.52. The van der Waals surface area contributed by atoms with Gasteiger partial charge in [0.25, 0.3) is 0 Å². The van der Waals surface area contributed by atoms with E-state index in [1.807, 2.05) is 30.3 Å². The maximum atomic E-state index is 13.0. The molecule has 0 amide bonds. The van der Waals surface area contributed by atoms with Gasteiger partial charge in [0.1, 0.15) is 5.82 Å². The average molecular weight is 352 g/mol. The molecule has 0 bridgehead atoms. The Hall–Kier alpha value is -2.93. The van der Waals surface area contributed by atoms with Crippen LogP contribution in [0.3, 0.4) is 0 Å². The van der Waals surface area contributed by atoms with Gasteiger partial charge in [-0.05, 0) is 23.3 Å². The van der Waals surface area contributed by atoms with Crippen LogP contribution in [0.5, 0.6) is 0 Å². The van der Waals surface area contributed by atoms with Crippen LogP contribution in [0, 0.1) is 5.82 Å². The van der Waals surface area contributed by atoms with Crippen LogP contribution in [0.4, 0.5) is 4.39 Å². The summed E-state index contributed by atoms with van der Waals surface area (Å²) < 4.78 is 14.2. The summed E-state index contributed by atoms with van der Waals surface area (Å²) in [6, 6.07) is 15.9. The Bertz CT molecular complexity index is 1070. The molecular weight excluding hydrogens is 339 g/mol. The number of hydrogen-bond donors (Lipinski definition) is 1. The van der Waals surface area contributed by atoms with Crippen molar-refractivity contribution in [3.8, 4) is 11.1 Å². The van der Waals surface area contributed by atoms with Crippen LogP contribution in [0.15, 0.2) is 70.7 Å². The summed E-state index contributed by atoms with van der Waals surface area (Å²) in [5.74, 6) is 0.308. The summed E-state index contributed by atoms with van der Waals surface area (Å²) in [6.45, 7) is 0. The van der Waals surface area contributed by atoms with Gasteiger partial charge in [0, 0.05) is 11.3 Å². The summed E-state index contributed by atoms with van der Waals surface area (Å²) in [5.41, 5.74) is 2.87. The van der Waals surface area contributed by atoms with Gasteiger partial charge in [-0.15, -0.1) is 0 Å². The van der Waals surface area contributed by atoms with E-state index in [0.717, 1.165) is 16.7 Å². The number of thioether (sulfide) groups is 1. The molecule has 0 saturated heterocycles. The first-order valence-corrected chi connectivity index (χ1v) is 8.60. The summed E-state index contributed by atoms with van der Waals surface area (Å²) in [4.78, 5) is 19.5. The zero-order chi connectivity index (χ0) is 17.2. The molecule has 0 aliphatic heterocycles. The molecule has 4 rings (SSSR count). The van der Waals surface area contributed by atoms with Crippen molar-refractivity contribution in [1.82, 2.24) is 19.6 Å². The van der Waals surface area contributed by atoms with Crippen molar-refractivity contribution in [2.75, 3.05) is 0 Å². The molecule has 0 aliphatic carbocycles. The third kappa shape index (κ3) is 3.18. The third-order valence-corrected chi connectivity index (χ3v) is 4.68. The first kappa shape index (κ1) is 15.6. The second kappa shape index (κ2) is 6.52. The van der Waals surface area contributed by atoms with E-state index in [9.17, 15) is 9.18 Å². The highest BCUT2D eigenvalue weighted by Crippen LogP contribution is 2.24. The molecule has 1 N–H and O–H groups in total. The minimum Gasteiger partial charge on any atom is -0.285 e. The number of hydrogen-bond acceptors (Lipinski definition) is 4. The molecule has 5 nitrogen and oxygen atoms in total. The summed E-state index contributed by atoms with van der Waals surface area (Å²) in [7, 11) is 0. The van der Waals surface area contributed by atoms with E-state index < -0.39 is 0 Å². The topological polar surface area (TPSA) is 63.0 Å². The maximum absolute atomic E-state index is 13.0. The smallest absolute Gasteiger partial charge is 0.285 e. The molecule has 0 radical (unpaired) electrons. The fourth-order valence-electron chi connectivity index (χ4n) is 2.49. The lowest BCUT2D eigenvalue weighted by atomic mass is 10.1. The Morgan fingerprint density at radius 2 is 1.84 bits per heavy atom. The zero-order valence-electron chi connectivity index (χ0n) is 13.0. The fourth-order valence-corrected chi connectivity index (χ4v) is 3.30. The van der Waals surface area contributed by atoms with Crippen LogP contribution in [0.1, 0.15) is 5.56 Å². The van der Waals surface area contributed by atoms with E-state index in [2.05, 4.69) is 15.1 Å². The van der Waals surface area contributed by atoms with Gasteiger partial charge in [0.15, 0.2) is 10.8 Å². The lowest BCUT2D eigenvalue weighted by Gasteiger charge is -2.03. The van der Waals surface area contributed by atoms with E-state index in [0.29, 0.717) is 16.6 Å². The first-order chi connectivity index (χ1) is 12.2. The van der Waals surface area contributed by atoms with E-state index in [-0.39, 0.29) is 11.5 Å². The van der Waals surface area contributed by atoms with Gasteiger partial charge in [-0.2, -0.15) is 9.61 Å². The number of rotatable bonds is 4. The van der Waals surface area contributed by atoms with Crippen LogP contribution in [0.25, 0.3) is 16.8 Å². The van der Waals surface area contributed by atoms with E-state index in [4.69, 9.17) is 0 Å². The van der Waals surface area contributed by atoms with Crippen molar-refractivity contribution in [2.24, 2.45) is 0 Å². The number of fused-ring (bicyclic) bond motifs is 1. The van der Waals surface area contributed by atoms with Gasteiger partial charge < -0.3 is 0 Å². The minimum atomic E-state index is -0.339. The highest BCUT2D eigenvalue weighted by molar-refractivity contribution is 7.98. The number of H-pyrrole nitrogens is 1. The maximum Gasteiger partial charge on any atom is 0.350 e. The highest BCUT2D eigenvalue weighted by Gasteiger charge is 2.12. The van der Waals surface area contributed by atoms with E-state index >= 15 is 0 Å². The van der Waals surface area contributed by atoms with Crippen LogP contribution >= 0.6 is 11.8 Å². The standard InChI is InChI=1S/C18H13FN4OS/c19-14-8-6-12(7-9-14)11-25-17-21-16-15(13-4-2-1-3-5-13)10-20-23(16)18(24)22-17/h1-10H,11H2,(H,21,22,24). The Morgan fingerprint density at radius 3 is 2.60 bits per heavy atom. The molecule has 0 aliphatic rings. The second-order valence-electron chi connectivity index (χ2n) is 5.42. The van der Waals surface area contributed by atoms with Gasteiger partial charge in [0.2, 0.25) is 0 Å². The van der Waals surface area contributed by atoms with Crippen LogP contribution in [0.2, 0.25) is 0 Å². The molecule has 2 aromatic heterocycles. The Morgan fingerprint density at radius 1 is 1.08 bits per heavy atom. The summed E-state index contributed by atoms with van der Waals surface area (Å²) in [6.07, 6.45) is 1.64. The van der Waals surface area contributed by atoms with Crippen molar-refractivity contribution in [1.29, 1.82) is 0 Å². The molecule has 0 spiro atoms. The van der Waals surface area contributed by atoms with Crippen molar-refractivity contribution in [3.05, 3.63) is 82.7 Å². The number of benzene rings is 2. The molecule has 25 heavy (non-hydrogen) atoms. The second-order valence-corrected chi connectivity index (χ2v) is 6.39. The number of nitrogens with one attached hydrogen (secondary N) is 1. The monoisotopic (exact) mass is 352 g/mol. The molecular formula is C18H13FN4OS. The molecule has 0 unspecified atom stereocenters. The Labute approximate surface area is 146 Å². The number of aromatic nitrogens is 4. The Kier molecular flexibility index (Phi) is 4.07. The average Bonchev–Trinajstić information content (AvgIpc) is 3.06. The first-order valence-electron chi connectivity index (χ1n) is 7.61. The lowest BCUT2D eigenvalue weighted by Crippen LogP contribution is -2.19. The largest absolute Gasteiger partial charge is 0.350 e. The van der Waals surface area contributed by atoms with Crippen molar-refractivity contribution < 1.29 is 4.39 Å². The van der Waals surface area contributed by atoms with Gasteiger partial charge in [0.05, 0.1) is 6.20 Å². The predicted molar refractivity (Wildman–Crippen MR) is 95.0 cm³/mol. The van der Waals surface area contributed by atoms with E-state index in [1.165, 1.54) is 28.4 Å². The molecule has 7 heteroatoms. The molecule has 0 fully saturated rings. The van der Waals surface area contributed by atoms with Crippen molar-refractivity contribution >= 4 is 17.4 Å². The SMILES string of the molecule is O=c1[nH]c(SCc2ccc(F)cc2)nc2c(-c3ccccc3)cnn12. The van der Waals surface area contributed by atoms with Crippen molar-refractivity contribution in [2.45, 2.75) is 10.9 Å². The molecule has 124 valence electrons. The lowest BCUT2D eigenvalue weighted by molar-refractivity contribution is 0.627. The van der Waals surface area contributed by atoms with Gasteiger partial charge in [-0.3, -0.25) is 4.98 Å². The molecule has 4 aromatic rings. The number of halogens is 1. The molecule has 0 saturated carbocycles. The third-order valence-electron chi connectivity index (χ3n) is 3.73. The fraction of sp³-hybridized carbons (Fsp3) is 0.0556. The summed E-state index contributed by atoms with van der Waals surface area (Å²) >= 11 is 1.39. The molecule has 0 atom stereocenters. The van der Waals surface area contributed by atoms with Gasteiger partial charge in [-0.25, -0.2) is 14.2 Å². The zero-order valence-corrected chi connectivity index (χ0v) is 13.8. The minimum absolute atomic E-state index is 0.270. The number of nitrogens with zero attached hydrogens (tertiary/aromatic N) is 3. The van der Waals surface area contributed by atoms with Crippen molar-refractivity contribution in [3.63, 3.8) is 0 Å². The Balaban J connectivity index is 1.68. The van der Waals surface area contributed by atoms with Gasteiger partial charge in [-0.1, -0.05) is 54.2 Å². The van der Waals surface area contributed by atoms with Gasteiger partial charge >= 0.3 is 5.69 Å². The van der Waals surface area contributed by atoms with Crippen LogP contribution < -0.4 is 5.69 Å². The number of aromatic amines is 1. The van der Waals surface area contributed by atoms with E-state index in [1.54, 1.807) is 18.3 Å².